The van der Waals surface area contributed by atoms with Crippen molar-refractivity contribution in [2.75, 3.05) is 13.1 Å². The quantitative estimate of drug-likeness (QED) is 0.737. The summed E-state index contributed by atoms with van der Waals surface area (Å²) in [5.74, 6) is -0.140. The average Bonchev–Trinajstić information content (AvgIpc) is 3.31. The van der Waals surface area contributed by atoms with E-state index in [1.165, 1.54) is 21.8 Å². The molecule has 0 radical (unpaired) electrons. The second-order valence-corrected chi connectivity index (χ2v) is 8.26. The first-order chi connectivity index (χ1) is 12.6. The van der Waals surface area contributed by atoms with Crippen LogP contribution in [0.3, 0.4) is 0 Å². The third-order valence-corrected chi connectivity index (χ3v) is 6.54. The number of amides is 2. The van der Waals surface area contributed by atoms with E-state index in [2.05, 4.69) is 23.7 Å². The van der Waals surface area contributed by atoms with E-state index in [0.717, 1.165) is 13.0 Å². The molecule has 3 rings (SSSR count). The van der Waals surface area contributed by atoms with Crippen LogP contribution in [0.1, 0.15) is 52.3 Å². The summed E-state index contributed by atoms with van der Waals surface area (Å²) < 4.78 is 0. The number of nitrogens with one attached hydrogen (secondary N) is 1. The topological polar surface area (TPSA) is 66.5 Å². The molecule has 2 aromatic rings. The number of hydrogen-bond donors (Lipinski definition) is 1. The van der Waals surface area contributed by atoms with Gasteiger partial charge in [0.05, 0.1) is 10.9 Å². The van der Waals surface area contributed by atoms with Gasteiger partial charge in [-0.05, 0) is 41.8 Å². The minimum absolute atomic E-state index is 0.0139. The maximum atomic E-state index is 12.5. The summed E-state index contributed by atoms with van der Waals surface area (Å²) in [6.45, 7) is 3.10. The molecule has 0 aromatic carbocycles. The van der Waals surface area contributed by atoms with Crippen molar-refractivity contribution < 1.29 is 14.4 Å². The molecule has 0 fully saturated rings. The highest BCUT2D eigenvalue weighted by Crippen LogP contribution is 2.32. The molecule has 2 aromatic heterocycles. The van der Waals surface area contributed by atoms with Crippen molar-refractivity contribution in [1.82, 2.24) is 10.2 Å². The van der Waals surface area contributed by atoms with E-state index < -0.39 is 0 Å². The van der Waals surface area contributed by atoms with Crippen molar-refractivity contribution in [3.8, 4) is 0 Å². The lowest BCUT2D eigenvalue weighted by Gasteiger charge is -2.33. The van der Waals surface area contributed by atoms with Crippen molar-refractivity contribution in [3.05, 3.63) is 44.3 Å². The molecule has 2 amide bonds. The number of thiophene rings is 2. The summed E-state index contributed by atoms with van der Waals surface area (Å²) in [6, 6.07) is 5.78. The molecule has 1 atom stereocenters. The molecule has 5 nitrogen and oxygen atoms in total. The van der Waals surface area contributed by atoms with Crippen LogP contribution in [0.4, 0.5) is 0 Å². The number of carbonyl (C=O) groups excluding carboxylic acids is 3. The van der Waals surface area contributed by atoms with Gasteiger partial charge in [0.25, 0.3) is 0 Å². The SMILES string of the molecule is C[C@H]1c2ccsc2CCN1C(=O)CCNC(=O)CCC(=O)c1cccs1. The second-order valence-electron chi connectivity index (χ2n) is 6.31. The fraction of sp³-hybridized carbons (Fsp3) is 0.421. The van der Waals surface area contributed by atoms with Gasteiger partial charge in [0.1, 0.15) is 0 Å². The lowest BCUT2D eigenvalue weighted by atomic mass is 10.0. The monoisotopic (exact) mass is 390 g/mol. The number of fused-ring (bicyclic) bond motifs is 1. The van der Waals surface area contributed by atoms with E-state index in [9.17, 15) is 14.4 Å². The first-order valence-electron chi connectivity index (χ1n) is 8.75. The summed E-state index contributed by atoms with van der Waals surface area (Å²) in [7, 11) is 0. The molecule has 0 saturated carbocycles. The van der Waals surface area contributed by atoms with E-state index in [1.54, 1.807) is 17.4 Å². The van der Waals surface area contributed by atoms with Crippen LogP contribution in [-0.4, -0.2) is 35.6 Å². The van der Waals surface area contributed by atoms with Crippen LogP contribution in [0.15, 0.2) is 29.0 Å². The molecular weight excluding hydrogens is 368 g/mol. The third kappa shape index (κ3) is 4.40. The van der Waals surface area contributed by atoms with E-state index in [1.807, 2.05) is 16.3 Å². The van der Waals surface area contributed by atoms with E-state index in [0.29, 0.717) is 11.4 Å². The molecular formula is C19H22N2O3S2. The average molecular weight is 391 g/mol. The van der Waals surface area contributed by atoms with Gasteiger partial charge in [-0.3, -0.25) is 14.4 Å². The Bertz CT molecular complexity index is 783. The summed E-state index contributed by atoms with van der Waals surface area (Å²) in [6.07, 6.45) is 1.54. The van der Waals surface area contributed by atoms with Crippen LogP contribution in [-0.2, 0) is 16.0 Å². The third-order valence-electron chi connectivity index (χ3n) is 4.63. The van der Waals surface area contributed by atoms with E-state index in [-0.39, 0.29) is 42.9 Å². The molecule has 0 spiro atoms. The zero-order valence-electron chi connectivity index (χ0n) is 14.7. The fourth-order valence-electron chi connectivity index (χ4n) is 3.18. The van der Waals surface area contributed by atoms with Gasteiger partial charge in [-0.1, -0.05) is 6.07 Å². The Balaban J connectivity index is 1.38. The highest BCUT2D eigenvalue weighted by molar-refractivity contribution is 7.12. The molecule has 1 aliphatic rings. The van der Waals surface area contributed by atoms with Gasteiger partial charge in [-0.25, -0.2) is 0 Å². The number of carbonyl (C=O) groups is 3. The number of rotatable bonds is 7. The molecule has 0 saturated heterocycles. The summed E-state index contributed by atoms with van der Waals surface area (Å²) in [5.41, 5.74) is 1.24. The molecule has 26 heavy (non-hydrogen) atoms. The smallest absolute Gasteiger partial charge is 0.224 e. The molecule has 1 N–H and O–H groups in total. The molecule has 7 heteroatoms. The van der Waals surface area contributed by atoms with Crippen LogP contribution in [0.25, 0.3) is 0 Å². The Kier molecular flexibility index (Phi) is 6.21. The van der Waals surface area contributed by atoms with E-state index >= 15 is 0 Å². The molecule has 138 valence electrons. The van der Waals surface area contributed by atoms with Crippen molar-refractivity contribution in [3.63, 3.8) is 0 Å². The Hall–Kier alpha value is -1.99. The normalized spacial score (nSPS) is 16.2. The minimum atomic E-state index is -0.186. The van der Waals surface area contributed by atoms with Gasteiger partial charge < -0.3 is 10.2 Å². The second kappa shape index (κ2) is 8.60. The van der Waals surface area contributed by atoms with Gasteiger partial charge in [0.15, 0.2) is 5.78 Å². The number of Topliss-reactive ketones (excluding diaryl/α,β-unsaturated/α-hetero) is 1. The largest absolute Gasteiger partial charge is 0.356 e. The Labute approximate surface area is 161 Å². The van der Waals surface area contributed by atoms with Gasteiger partial charge in [0.2, 0.25) is 11.8 Å². The summed E-state index contributed by atoms with van der Waals surface area (Å²) in [4.78, 5) is 40.2. The van der Waals surface area contributed by atoms with Crippen molar-refractivity contribution in [1.29, 1.82) is 0 Å². The summed E-state index contributed by atoms with van der Waals surface area (Å²) in [5, 5.41) is 6.67. The zero-order valence-corrected chi connectivity index (χ0v) is 16.3. The van der Waals surface area contributed by atoms with Crippen molar-refractivity contribution >= 4 is 40.3 Å². The first-order valence-corrected chi connectivity index (χ1v) is 10.5. The van der Waals surface area contributed by atoms with E-state index in [4.69, 9.17) is 0 Å². The maximum Gasteiger partial charge on any atom is 0.224 e. The highest BCUT2D eigenvalue weighted by atomic mass is 32.1. The van der Waals surface area contributed by atoms with Crippen LogP contribution in [0.2, 0.25) is 0 Å². The standard InChI is InChI=1S/C19H22N2O3S2/c1-13-14-8-12-26-16(14)7-10-21(13)19(24)6-9-20-18(23)5-4-15(22)17-3-2-11-25-17/h2-3,8,11-13H,4-7,9-10H2,1H3,(H,20,23)/t13-/m0/s1. The number of hydrogen-bond acceptors (Lipinski definition) is 5. The zero-order chi connectivity index (χ0) is 18.5. The minimum Gasteiger partial charge on any atom is -0.356 e. The highest BCUT2D eigenvalue weighted by Gasteiger charge is 2.27. The predicted octanol–water partition coefficient (Wildman–Crippen LogP) is 3.42. The van der Waals surface area contributed by atoms with Crippen molar-refractivity contribution in [2.45, 2.75) is 38.6 Å². The number of nitrogens with zero attached hydrogens (tertiary/aromatic N) is 1. The maximum absolute atomic E-state index is 12.5. The number of ketones is 1. The van der Waals surface area contributed by atoms with Gasteiger partial charge in [-0.2, -0.15) is 0 Å². The van der Waals surface area contributed by atoms with Gasteiger partial charge in [0, 0.05) is 37.2 Å². The lowest BCUT2D eigenvalue weighted by molar-refractivity contribution is -0.133. The Morgan fingerprint density at radius 1 is 1.15 bits per heavy atom. The first kappa shape index (κ1) is 18.8. The fourth-order valence-corrected chi connectivity index (χ4v) is 4.84. The Morgan fingerprint density at radius 3 is 2.77 bits per heavy atom. The van der Waals surface area contributed by atoms with Crippen LogP contribution in [0.5, 0.6) is 0 Å². The molecule has 3 heterocycles. The molecule has 0 unspecified atom stereocenters. The molecule has 0 aliphatic carbocycles. The molecule has 1 aliphatic heterocycles. The van der Waals surface area contributed by atoms with Crippen LogP contribution >= 0.6 is 22.7 Å². The molecule has 0 bridgehead atoms. The van der Waals surface area contributed by atoms with Crippen molar-refractivity contribution in [2.24, 2.45) is 0 Å². The van der Waals surface area contributed by atoms with Gasteiger partial charge in [-0.15, -0.1) is 22.7 Å². The predicted molar refractivity (Wildman–Crippen MR) is 104 cm³/mol. The Morgan fingerprint density at radius 2 is 2.00 bits per heavy atom. The summed E-state index contributed by atoms with van der Waals surface area (Å²) >= 11 is 3.14. The van der Waals surface area contributed by atoms with Gasteiger partial charge >= 0.3 is 0 Å². The lowest BCUT2D eigenvalue weighted by Crippen LogP contribution is -2.40. The van der Waals surface area contributed by atoms with Crippen LogP contribution in [0, 0.1) is 0 Å². The van der Waals surface area contributed by atoms with Crippen LogP contribution < -0.4 is 5.32 Å².